The van der Waals surface area contributed by atoms with E-state index in [9.17, 15) is 19.5 Å². The maximum Gasteiger partial charge on any atom is 0.348 e. The zero-order valence-corrected chi connectivity index (χ0v) is 18.5. The highest BCUT2D eigenvalue weighted by Crippen LogP contribution is 2.47. The van der Waals surface area contributed by atoms with Crippen LogP contribution in [-0.4, -0.2) is 35.0 Å². The van der Waals surface area contributed by atoms with Crippen molar-refractivity contribution < 1.29 is 24.2 Å². The number of amides is 1. The van der Waals surface area contributed by atoms with Crippen molar-refractivity contribution in [3.05, 3.63) is 32.7 Å². The molecule has 2 heterocycles. The van der Waals surface area contributed by atoms with Gasteiger partial charge in [0.15, 0.2) is 0 Å². The molecular formula is C21H22N2O5S2. The van der Waals surface area contributed by atoms with Gasteiger partial charge in [-0.3, -0.25) is 4.79 Å². The standard InChI is InChI=1S/C21H22N2O5S2/c1-9-8-29-18(22-9)13-10(2)16(21(27)28-3)30-19(13)23-17(24)14-11-4-6-12(7-5-11)15(14)20(25)26/h8,11-12H,4-7H2,1-3H3,(H,23,24)(H,25,26). The van der Waals surface area contributed by atoms with Crippen LogP contribution in [0.5, 0.6) is 0 Å². The second kappa shape index (κ2) is 7.96. The van der Waals surface area contributed by atoms with E-state index in [4.69, 9.17) is 4.74 Å². The summed E-state index contributed by atoms with van der Waals surface area (Å²) in [6.45, 7) is 3.68. The first-order valence-corrected chi connectivity index (χ1v) is 11.4. The third-order valence-electron chi connectivity index (χ3n) is 5.89. The second-order valence-corrected chi connectivity index (χ2v) is 9.56. The van der Waals surface area contributed by atoms with Crippen LogP contribution in [0.15, 0.2) is 16.5 Å². The number of carboxylic acids is 1. The van der Waals surface area contributed by atoms with Crippen LogP contribution in [0.3, 0.4) is 0 Å². The lowest BCUT2D eigenvalue weighted by Crippen LogP contribution is -2.35. The summed E-state index contributed by atoms with van der Waals surface area (Å²) in [6, 6.07) is 0. The Morgan fingerprint density at radius 1 is 1.13 bits per heavy atom. The Labute approximate surface area is 181 Å². The Balaban J connectivity index is 1.77. The molecule has 0 saturated heterocycles. The summed E-state index contributed by atoms with van der Waals surface area (Å²) in [5, 5.41) is 15.7. The van der Waals surface area contributed by atoms with Crippen LogP contribution < -0.4 is 5.32 Å². The van der Waals surface area contributed by atoms with Gasteiger partial charge in [0.1, 0.15) is 14.9 Å². The summed E-state index contributed by atoms with van der Waals surface area (Å²) in [5.74, 6) is -1.98. The number of rotatable bonds is 5. The smallest absolute Gasteiger partial charge is 0.348 e. The fourth-order valence-corrected chi connectivity index (χ4v) is 6.58. The summed E-state index contributed by atoms with van der Waals surface area (Å²) >= 11 is 2.56. The Hall–Kier alpha value is -2.52. The van der Waals surface area contributed by atoms with Crippen LogP contribution in [0.1, 0.15) is 46.6 Å². The van der Waals surface area contributed by atoms with Gasteiger partial charge in [-0.2, -0.15) is 0 Å². The number of carbonyl (C=O) groups is 3. The number of esters is 1. The minimum absolute atomic E-state index is 0.0345. The van der Waals surface area contributed by atoms with E-state index in [-0.39, 0.29) is 17.4 Å². The van der Waals surface area contributed by atoms with Crippen molar-refractivity contribution >= 4 is 45.5 Å². The third-order valence-corrected chi connectivity index (χ3v) is 8.05. The van der Waals surface area contributed by atoms with Gasteiger partial charge in [0, 0.05) is 27.8 Å². The van der Waals surface area contributed by atoms with Crippen LogP contribution >= 0.6 is 22.7 Å². The Morgan fingerprint density at radius 2 is 1.77 bits per heavy atom. The minimum atomic E-state index is -1.01. The molecule has 0 atom stereocenters. The average Bonchev–Trinajstić information content (AvgIpc) is 3.29. The normalized spacial score (nSPS) is 20.4. The number of thiazole rings is 1. The number of aromatic nitrogens is 1. The largest absolute Gasteiger partial charge is 0.478 e. The first-order chi connectivity index (χ1) is 14.3. The van der Waals surface area contributed by atoms with Gasteiger partial charge in [-0.1, -0.05) is 0 Å². The zero-order valence-electron chi connectivity index (χ0n) is 16.9. The Bertz CT molecular complexity index is 1070. The zero-order chi connectivity index (χ0) is 21.6. The molecule has 9 heteroatoms. The molecule has 0 spiro atoms. The number of methoxy groups -OCH3 is 1. The predicted octanol–water partition coefficient (Wildman–Crippen LogP) is 4.41. The Kier molecular flexibility index (Phi) is 5.50. The van der Waals surface area contributed by atoms with Crippen molar-refractivity contribution in [3.63, 3.8) is 0 Å². The SMILES string of the molecule is COC(=O)c1sc(NC(=O)C2=C(C(=O)O)C3CCC2CC3)c(-c2nc(C)cs2)c1C. The van der Waals surface area contributed by atoms with Gasteiger partial charge in [0.25, 0.3) is 5.91 Å². The molecule has 1 amide bonds. The van der Waals surface area contributed by atoms with Crippen LogP contribution in [0.4, 0.5) is 5.00 Å². The number of carbonyl (C=O) groups excluding carboxylic acids is 2. The minimum Gasteiger partial charge on any atom is -0.478 e. The summed E-state index contributed by atoms with van der Waals surface area (Å²) in [4.78, 5) is 42.3. The fraction of sp³-hybridized carbons (Fsp3) is 0.429. The maximum atomic E-state index is 13.3. The van der Waals surface area contributed by atoms with Gasteiger partial charge in [-0.05, 0) is 56.9 Å². The molecular weight excluding hydrogens is 424 g/mol. The van der Waals surface area contributed by atoms with E-state index >= 15 is 0 Å². The van der Waals surface area contributed by atoms with Crippen LogP contribution in [0, 0.1) is 25.7 Å². The van der Waals surface area contributed by atoms with Crippen molar-refractivity contribution in [1.82, 2.24) is 4.98 Å². The van der Waals surface area contributed by atoms with Crippen molar-refractivity contribution in [2.75, 3.05) is 12.4 Å². The van der Waals surface area contributed by atoms with Gasteiger partial charge in [-0.25, -0.2) is 14.6 Å². The van der Waals surface area contributed by atoms with E-state index in [1.807, 2.05) is 12.3 Å². The monoisotopic (exact) mass is 446 g/mol. The van der Waals surface area contributed by atoms with E-state index in [2.05, 4.69) is 10.3 Å². The maximum absolute atomic E-state index is 13.3. The molecule has 30 heavy (non-hydrogen) atoms. The van der Waals surface area contributed by atoms with Crippen LogP contribution in [0.2, 0.25) is 0 Å². The molecule has 2 N–H and O–H groups in total. The fourth-order valence-electron chi connectivity index (χ4n) is 4.49. The Morgan fingerprint density at radius 3 is 2.30 bits per heavy atom. The highest BCUT2D eigenvalue weighted by atomic mass is 32.1. The van der Waals surface area contributed by atoms with Crippen LogP contribution in [0.25, 0.3) is 10.6 Å². The molecule has 0 radical (unpaired) electrons. The van der Waals surface area contributed by atoms with Crippen molar-refractivity contribution in [2.24, 2.45) is 11.8 Å². The molecule has 158 valence electrons. The molecule has 1 saturated carbocycles. The number of hydrogen-bond acceptors (Lipinski definition) is 7. The molecule has 0 unspecified atom stereocenters. The number of hydrogen-bond donors (Lipinski definition) is 2. The van der Waals surface area contributed by atoms with Gasteiger partial charge < -0.3 is 15.2 Å². The molecule has 7 nitrogen and oxygen atoms in total. The van der Waals surface area contributed by atoms with Gasteiger partial charge >= 0.3 is 11.9 Å². The lowest BCUT2D eigenvalue weighted by atomic mass is 9.66. The molecule has 3 aliphatic rings. The van der Waals surface area contributed by atoms with Gasteiger partial charge in [0.05, 0.1) is 7.11 Å². The highest BCUT2D eigenvalue weighted by molar-refractivity contribution is 7.20. The van der Waals surface area contributed by atoms with Crippen molar-refractivity contribution in [1.29, 1.82) is 0 Å². The molecule has 2 aromatic rings. The number of anilines is 1. The third kappa shape index (κ3) is 3.45. The summed E-state index contributed by atoms with van der Waals surface area (Å²) in [6.07, 6.45) is 3.30. The number of aliphatic carboxylic acids is 1. The molecule has 5 rings (SSSR count). The molecule has 2 bridgehead atoms. The summed E-state index contributed by atoms with van der Waals surface area (Å²) in [5.41, 5.74) is 2.86. The predicted molar refractivity (Wildman–Crippen MR) is 115 cm³/mol. The quantitative estimate of drug-likeness (QED) is 0.659. The molecule has 3 aliphatic carbocycles. The number of carboxylic acid groups (broad SMARTS) is 1. The number of nitrogens with one attached hydrogen (secondary N) is 1. The molecule has 2 aromatic heterocycles. The summed E-state index contributed by atoms with van der Waals surface area (Å²) < 4.78 is 4.89. The lowest BCUT2D eigenvalue weighted by molar-refractivity contribution is -0.134. The number of thiophene rings is 1. The highest BCUT2D eigenvalue weighted by Gasteiger charge is 2.41. The number of aryl methyl sites for hydroxylation is 1. The van der Waals surface area contributed by atoms with Crippen LogP contribution in [-0.2, 0) is 14.3 Å². The lowest BCUT2D eigenvalue weighted by Gasteiger charge is -2.37. The number of ether oxygens (including phenoxy) is 1. The number of fused-ring (bicyclic) bond motifs is 2. The summed E-state index contributed by atoms with van der Waals surface area (Å²) in [7, 11) is 1.32. The van der Waals surface area contributed by atoms with Gasteiger partial charge in [-0.15, -0.1) is 22.7 Å². The second-order valence-electron chi connectivity index (χ2n) is 7.68. The van der Waals surface area contributed by atoms with E-state index in [0.29, 0.717) is 31.6 Å². The van der Waals surface area contributed by atoms with Crippen molar-refractivity contribution in [2.45, 2.75) is 39.5 Å². The van der Waals surface area contributed by atoms with Gasteiger partial charge in [0.2, 0.25) is 0 Å². The molecule has 1 fully saturated rings. The first kappa shape index (κ1) is 20.7. The van der Waals surface area contributed by atoms with E-state index < -0.39 is 17.8 Å². The number of nitrogens with zero attached hydrogens (tertiary/aromatic N) is 1. The molecule has 0 aromatic carbocycles. The van der Waals surface area contributed by atoms with E-state index in [1.165, 1.54) is 18.4 Å². The van der Waals surface area contributed by atoms with E-state index in [1.54, 1.807) is 6.92 Å². The topological polar surface area (TPSA) is 106 Å². The average molecular weight is 447 g/mol. The molecule has 0 aliphatic heterocycles. The van der Waals surface area contributed by atoms with E-state index in [0.717, 1.165) is 42.7 Å². The van der Waals surface area contributed by atoms with Crippen molar-refractivity contribution in [3.8, 4) is 10.6 Å². The first-order valence-electron chi connectivity index (χ1n) is 9.74.